The molecular formula is C17H25F2N. The highest BCUT2D eigenvalue weighted by Crippen LogP contribution is 2.42. The molecule has 0 heterocycles. The number of halogens is 2. The molecule has 1 aromatic rings. The predicted octanol–water partition coefficient (Wildman–Crippen LogP) is 4.51. The third-order valence-electron chi connectivity index (χ3n) is 4.84. The second kappa shape index (κ2) is 6.66. The van der Waals surface area contributed by atoms with Crippen LogP contribution in [0, 0.1) is 24.0 Å². The molecule has 3 heteroatoms. The Kier molecular flexibility index (Phi) is 5.14. The van der Waals surface area contributed by atoms with Crippen LogP contribution in [0.25, 0.3) is 0 Å². The fourth-order valence-electron chi connectivity index (χ4n) is 3.51. The molecule has 1 aliphatic carbocycles. The van der Waals surface area contributed by atoms with E-state index in [1.54, 1.807) is 6.92 Å². The van der Waals surface area contributed by atoms with Crippen molar-refractivity contribution in [3.05, 3.63) is 34.9 Å². The van der Waals surface area contributed by atoms with Crippen molar-refractivity contribution in [1.82, 2.24) is 0 Å². The van der Waals surface area contributed by atoms with Crippen molar-refractivity contribution >= 4 is 0 Å². The van der Waals surface area contributed by atoms with Gasteiger partial charge in [0.2, 0.25) is 0 Å². The van der Waals surface area contributed by atoms with Gasteiger partial charge in [0.05, 0.1) is 0 Å². The summed E-state index contributed by atoms with van der Waals surface area (Å²) in [4.78, 5) is 0. The molecule has 0 amide bonds. The van der Waals surface area contributed by atoms with E-state index < -0.39 is 0 Å². The van der Waals surface area contributed by atoms with Crippen molar-refractivity contribution in [2.45, 2.75) is 58.3 Å². The SMILES string of the molecule is Cc1cc(F)c(CCC2(CCN)CCCCC2)cc1F. The van der Waals surface area contributed by atoms with Crippen molar-refractivity contribution in [2.24, 2.45) is 11.1 Å². The fourth-order valence-corrected chi connectivity index (χ4v) is 3.51. The molecule has 112 valence electrons. The number of benzene rings is 1. The lowest BCUT2D eigenvalue weighted by molar-refractivity contribution is 0.160. The number of aryl methyl sites for hydroxylation is 2. The van der Waals surface area contributed by atoms with Crippen LogP contribution in [0.15, 0.2) is 12.1 Å². The Labute approximate surface area is 120 Å². The molecule has 1 fully saturated rings. The van der Waals surface area contributed by atoms with E-state index in [2.05, 4.69) is 0 Å². The van der Waals surface area contributed by atoms with Crippen molar-refractivity contribution in [1.29, 1.82) is 0 Å². The third kappa shape index (κ3) is 3.57. The van der Waals surface area contributed by atoms with Crippen LogP contribution in [0.2, 0.25) is 0 Å². The maximum atomic E-state index is 13.9. The summed E-state index contributed by atoms with van der Waals surface area (Å²) in [5.74, 6) is -0.583. The quantitative estimate of drug-likeness (QED) is 0.844. The molecule has 2 N–H and O–H groups in total. The van der Waals surface area contributed by atoms with Crippen LogP contribution in [0.1, 0.15) is 56.1 Å². The zero-order chi connectivity index (χ0) is 14.6. The monoisotopic (exact) mass is 281 g/mol. The summed E-state index contributed by atoms with van der Waals surface area (Å²) in [6.45, 7) is 2.28. The molecule has 0 saturated heterocycles. The summed E-state index contributed by atoms with van der Waals surface area (Å²) in [7, 11) is 0. The molecule has 0 aliphatic heterocycles. The molecular weight excluding hydrogens is 256 g/mol. The van der Waals surface area contributed by atoms with Crippen LogP contribution in [0.4, 0.5) is 8.78 Å². The van der Waals surface area contributed by atoms with Crippen LogP contribution in [-0.4, -0.2) is 6.54 Å². The number of hydrogen-bond donors (Lipinski definition) is 1. The van der Waals surface area contributed by atoms with Crippen molar-refractivity contribution in [3.8, 4) is 0 Å². The average molecular weight is 281 g/mol. The minimum atomic E-state index is -0.307. The standard InChI is InChI=1S/C17H25F2N/c1-13-11-16(19)14(12-15(13)18)5-8-17(9-10-20)6-3-2-4-7-17/h11-12H,2-10,20H2,1H3. The molecule has 0 aromatic heterocycles. The van der Waals surface area contributed by atoms with E-state index in [1.807, 2.05) is 0 Å². The Hall–Kier alpha value is -0.960. The van der Waals surface area contributed by atoms with Crippen molar-refractivity contribution < 1.29 is 8.78 Å². The highest BCUT2D eigenvalue weighted by molar-refractivity contribution is 5.25. The number of hydrogen-bond acceptors (Lipinski definition) is 1. The van der Waals surface area contributed by atoms with Crippen LogP contribution in [0.5, 0.6) is 0 Å². The van der Waals surface area contributed by atoms with Gasteiger partial charge in [-0.2, -0.15) is 0 Å². The number of nitrogens with two attached hydrogens (primary N) is 1. The molecule has 1 aromatic carbocycles. The molecule has 1 nitrogen and oxygen atoms in total. The van der Waals surface area contributed by atoms with Crippen LogP contribution >= 0.6 is 0 Å². The number of rotatable bonds is 5. The molecule has 0 spiro atoms. The Morgan fingerprint density at radius 2 is 1.75 bits per heavy atom. The van der Waals surface area contributed by atoms with Gasteiger partial charge in [-0.1, -0.05) is 19.3 Å². The maximum Gasteiger partial charge on any atom is 0.126 e. The van der Waals surface area contributed by atoms with Gasteiger partial charge in [0, 0.05) is 0 Å². The first-order valence-electron chi connectivity index (χ1n) is 7.71. The van der Waals surface area contributed by atoms with E-state index in [9.17, 15) is 8.78 Å². The Balaban J connectivity index is 2.07. The average Bonchev–Trinajstić information content (AvgIpc) is 2.43. The van der Waals surface area contributed by atoms with E-state index in [0.29, 0.717) is 24.1 Å². The third-order valence-corrected chi connectivity index (χ3v) is 4.84. The Morgan fingerprint density at radius 1 is 1.05 bits per heavy atom. The second-order valence-corrected chi connectivity index (χ2v) is 6.29. The van der Waals surface area contributed by atoms with Crippen molar-refractivity contribution in [3.63, 3.8) is 0 Å². The second-order valence-electron chi connectivity index (χ2n) is 6.29. The van der Waals surface area contributed by atoms with Gasteiger partial charge in [0.25, 0.3) is 0 Å². The van der Waals surface area contributed by atoms with Gasteiger partial charge in [-0.3, -0.25) is 0 Å². The van der Waals surface area contributed by atoms with Gasteiger partial charge in [0.1, 0.15) is 11.6 Å². The molecule has 0 unspecified atom stereocenters. The van der Waals surface area contributed by atoms with E-state index in [1.165, 1.54) is 44.2 Å². The summed E-state index contributed by atoms with van der Waals surface area (Å²) in [6, 6.07) is 2.67. The lowest BCUT2D eigenvalue weighted by Gasteiger charge is -2.37. The van der Waals surface area contributed by atoms with Crippen LogP contribution in [-0.2, 0) is 6.42 Å². The highest BCUT2D eigenvalue weighted by atomic mass is 19.1. The van der Waals surface area contributed by atoms with E-state index in [0.717, 1.165) is 12.8 Å². The largest absolute Gasteiger partial charge is 0.330 e. The summed E-state index contributed by atoms with van der Waals surface area (Å²) in [5, 5.41) is 0. The van der Waals surface area contributed by atoms with Crippen LogP contribution < -0.4 is 5.73 Å². The van der Waals surface area contributed by atoms with Crippen LogP contribution in [0.3, 0.4) is 0 Å². The summed E-state index contributed by atoms with van der Waals surface area (Å²) in [6.07, 6.45) is 8.67. The molecule has 20 heavy (non-hydrogen) atoms. The predicted molar refractivity (Wildman–Crippen MR) is 78.6 cm³/mol. The summed E-state index contributed by atoms with van der Waals surface area (Å²) >= 11 is 0. The van der Waals surface area contributed by atoms with Gasteiger partial charge < -0.3 is 5.73 Å². The van der Waals surface area contributed by atoms with Gasteiger partial charge >= 0.3 is 0 Å². The lowest BCUT2D eigenvalue weighted by Crippen LogP contribution is -2.28. The normalized spacial score (nSPS) is 18.2. The van der Waals surface area contributed by atoms with E-state index in [-0.39, 0.29) is 17.0 Å². The molecule has 0 atom stereocenters. The fraction of sp³-hybridized carbons (Fsp3) is 0.647. The smallest absolute Gasteiger partial charge is 0.126 e. The Morgan fingerprint density at radius 3 is 2.40 bits per heavy atom. The van der Waals surface area contributed by atoms with E-state index >= 15 is 0 Å². The lowest BCUT2D eigenvalue weighted by atomic mass is 9.68. The first kappa shape index (κ1) is 15.4. The maximum absolute atomic E-state index is 13.9. The van der Waals surface area contributed by atoms with Gasteiger partial charge in [-0.15, -0.1) is 0 Å². The summed E-state index contributed by atoms with van der Waals surface area (Å²) < 4.78 is 27.5. The topological polar surface area (TPSA) is 26.0 Å². The molecule has 1 saturated carbocycles. The van der Waals surface area contributed by atoms with Gasteiger partial charge in [-0.25, -0.2) is 8.78 Å². The minimum absolute atomic E-state index is 0.251. The highest BCUT2D eigenvalue weighted by Gasteiger charge is 2.31. The first-order chi connectivity index (χ1) is 9.56. The Bertz CT molecular complexity index is 445. The molecule has 0 bridgehead atoms. The van der Waals surface area contributed by atoms with Crippen molar-refractivity contribution in [2.75, 3.05) is 6.54 Å². The molecule has 1 aliphatic rings. The van der Waals surface area contributed by atoms with Gasteiger partial charge in [0.15, 0.2) is 0 Å². The summed E-state index contributed by atoms with van der Waals surface area (Å²) in [5.41, 5.74) is 6.89. The zero-order valence-electron chi connectivity index (χ0n) is 12.4. The molecule has 2 rings (SSSR count). The molecule has 0 radical (unpaired) electrons. The zero-order valence-corrected chi connectivity index (χ0v) is 12.4. The van der Waals surface area contributed by atoms with E-state index in [4.69, 9.17) is 5.73 Å². The first-order valence-corrected chi connectivity index (χ1v) is 7.71. The van der Waals surface area contributed by atoms with Gasteiger partial charge in [-0.05, 0) is 74.2 Å². The minimum Gasteiger partial charge on any atom is -0.330 e.